The Morgan fingerprint density at radius 1 is 0.391 bits per heavy atom. The standard InChI is InChI=1S/2C12H27N.2C9H16N2.6C8H16O2.C5H13N3.C5H11NO.C5H13N.C2H4O2/c1-4-7-10-13(11-8-5-2)12-9-6-3;1-2-3-4-5-6-7-8-9-10-11-12-13;2*1-2-5-9-10-6-4-8-11(9)7-3-1;6*1-3-5-6-7(4-2)8(9)10;1-7-4-5(6)8(2)3;7-4-5-2-1-3-6-5;1-3-4-5-6-2;1-2(3)4/h4-12H2,1-3H3;2-13H2,1H3;2*1-8H2;6*7H,3-6H2,1-2H3,(H,9,10);6-7H,4H2,1-3H3;5-7H,1-4H2;6H,3-5H2,1-2H3;1H3,(H,3,4)/p+5. The summed E-state index contributed by atoms with van der Waals surface area (Å²) in [5, 5.41) is 82.8. The van der Waals surface area contributed by atoms with Crippen molar-refractivity contribution >= 4 is 59.3 Å². The molecule has 19 N–H and O–H groups in total. The quantitative estimate of drug-likeness (QED) is 0.0116. The average molecular weight is 1910 g/mol. The van der Waals surface area contributed by atoms with E-state index in [0.29, 0.717) is 12.6 Å². The van der Waals surface area contributed by atoms with Crippen molar-refractivity contribution in [2.24, 2.45) is 47.0 Å². The van der Waals surface area contributed by atoms with Gasteiger partial charge in [0.05, 0.1) is 128 Å². The molecule has 0 bridgehead atoms. The molecule has 1 fully saturated rings. The summed E-state index contributed by atoms with van der Waals surface area (Å²) in [6.45, 7) is 52.6. The second-order valence-electron chi connectivity index (χ2n) is 36.6. The monoisotopic (exact) mass is 1910 g/mol. The number of unbranched alkanes of at least 4 members (excludes halogenated alkanes) is 19. The SMILES string of the molecule is C1CCC2=[N+](CC1)CCCN2.C1CCC2=[N+](CC1)CCCN2.CC(=O)O.CCCCC(CC)C(=O)O.CCCCC(CC)C(=O)O.CCCCC(CC)C(=O)O.CCCCC(CC)C(=O)O.CCCCC(CC)C(=O)O.CCCCC(CC)C(=O)O.CCCCCCCCCCCCN.CCCCNC.CCCC[NH+](CCCC)CCCC.CNCC(N)=[N+](C)C.OCC1CCC[NH2+]1. The molecule has 7 unspecified atom stereocenters. The smallest absolute Gasteiger partial charge is 0.306 e. The van der Waals surface area contributed by atoms with Gasteiger partial charge in [0.1, 0.15) is 6.04 Å². The summed E-state index contributed by atoms with van der Waals surface area (Å²) in [5.41, 5.74) is 10.9. The van der Waals surface area contributed by atoms with E-state index in [-0.39, 0.29) is 35.5 Å². The van der Waals surface area contributed by atoms with Gasteiger partial charge in [-0.05, 0) is 175 Å². The lowest BCUT2D eigenvalue weighted by molar-refractivity contribution is -0.900. The van der Waals surface area contributed by atoms with Gasteiger partial charge in [0, 0.05) is 45.4 Å². The Bertz CT molecular complexity index is 2300. The average Bonchev–Trinajstić information content (AvgIpc) is 1.83. The van der Waals surface area contributed by atoms with Crippen LogP contribution in [0.15, 0.2) is 0 Å². The predicted octanol–water partition coefficient (Wildman–Crippen LogP) is 20.4. The highest BCUT2D eigenvalue weighted by molar-refractivity contribution is 5.78. The molecule has 5 rings (SSSR count). The maximum Gasteiger partial charge on any atom is 0.306 e. The van der Waals surface area contributed by atoms with Gasteiger partial charge in [0.25, 0.3) is 11.8 Å². The molecule has 26 heteroatoms. The maximum atomic E-state index is 10.4. The van der Waals surface area contributed by atoms with Gasteiger partial charge in [-0.15, -0.1) is 0 Å². The summed E-state index contributed by atoms with van der Waals surface area (Å²) in [6.07, 6.45) is 63.2. The Morgan fingerprint density at radius 3 is 0.857 bits per heavy atom. The van der Waals surface area contributed by atoms with Crippen LogP contribution in [0.2, 0.25) is 0 Å². The van der Waals surface area contributed by atoms with E-state index >= 15 is 0 Å². The Morgan fingerprint density at radius 2 is 0.662 bits per heavy atom. The summed E-state index contributed by atoms with van der Waals surface area (Å²) in [5.74, 6) is -1.46. The van der Waals surface area contributed by atoms with Crippen molar-refractivity contribution < 1.29 is 98.4 Å². The first-order chi connectivity index (χ1) is 63.8. The molecule has 0 aliphatic carbocycles. The number of aliphatic hydroxyl groups excluding tert-OH is 1. The summed E-state index contributed by atoms with van der Waals surface area (Å²) in [6, 6.07) is 0.528. The number of aliphatic carboxylic acids is 7. The summed E-state index contributed by atoms with van der Waals surface area (Å²) >= 11 is 0. The number of amidine groups is 3. The lowest BCUT2D eigenvalue weighted by atomic mass is 10.00. The van der Waals surface area contributed by atoms with E-state index in [9.17, 15) is 28.8 Å². The highest BCUT2D eigenvalue weighted by Crippen LogP contribution is 2.18. The number of hydrogen-bond acceptors (Lipinski definition) is 13. The second-order valence-corrected chi connectivity index (χ2v) is 36.6. The van der Waals surface area contributed by atoms with Crippen molar-refractivity contribution in [1.82, 2.24) is 21.3 Å². The molecule has 5 heterocycles. The van der Waals surface area contributed by atoms with Crippen LogP contribution in [0.3, 0.4) is 0 Å². The van der Waals surface area contributed by atoms with Gasteiger partial charge in [0.2, 0.25) is 11.7 Å². The third-order valence-corrected chi connectivity index (χ3v) is 24.2. The van der Waals surface area contributed by atoms with Gasteiger partial charge in [-0.3, -0.25) is 63.7 Å². The predicted molar refractivity (Wildman–Crippen MR) is 563 cm³/mol. The van der Waals surface area contributed by atoms with E-state index < -0.39 is 41.8 Å². The molecule has 0 radical (unpaired) electrons. The molecule has 796 valence electrons. The third-order valence-electron chi connectivity index (χ3n) is 24.2. The number of carbonyl (C=O) groups is 7. The molecule has 0 saturated carbocycles. The summed E-state index contributed by atoms with van der Waals surface area (Å²) in [7, 11) is 7.70. The van der Waals surface area contributed by atoms with Crippen LogP contribution in [0.25, 0.3) is 0 Å². The van der Waals surface area contributed by atoms with Crippen molar-refractivity contribution in [2.45, 2.75) is 477 Å². The van der Waals surface area contributed by atoms with E-state index in [2.05, 4.69) is 112 Å². The van der Waals surface area contributed by atoms with E-state index in [4.69, 9.17) is 57.1 Å². The van der Waals surface area contributed by atoms with Crippen LogP contribution < -0.4 is 43.0 Å². The van der Waals surface area contributed by atoms with Crippen LogP contribution in [-0.4, -0.2) is 240 Å². The fourth-order valence-electron chi connectivity index (χ4n) is 14.7. The highest BCUT2D eigenvalue weighted by atomic mass is 16.4. The first kappa shape index (κ1) is 145. The largest absolute Gasteiger partial charge is 0.481 e. The molecular weight excluding hydrogens is 1680 g/mol. The van der Waals surface area contributed by atoms with Crippen LogP contribution in [0.1, 0.15) is 471 Å². The van der Waals surface area contributed by atoms with Crippen molar-refractivity contribution in [3.63, 3.8) is 0 Å². The normalized spacial score (nSPS) is 15.0. The highest BCUT2D eigenvalue weighted by Gasteiger charge is 2.23. The number of nitrogens with zero attached hydrogens (tertiary/aromatic N) is 3. The molecule has 0 amide bonds. The van der Waals surface area contributed by atoms with Crippen LogP contribution in [-0.2, 0) is 33.6 Å². The zero-order valence-electron chi connectivity index (χ0n) is 91.1. The molecule has 7 atom stereocenters. The fourth-order valence-corrected chi connectivity index (χ4v) is 14.7. The van der Waals surface area contributed by atoms with Gasteiger partial charge >= 0.3 is 35.8 Å². The molecule has 5 aliphatic rings. The molecule has 133 heavy (non-hydrogen) atoms. The third kappa shape index (κ3) is 110. The minimum atomic E-state index is -0.833. The van der Waals surface area contributed by atoms with Crippen LogP contribution in [0, 0.1) is 35.5 Å². The molecule has 0 spiro atoms. The summed E-state index contributed by atoms with van der Waals surface area (Å²) < 4.78 is 6.96. The van der Waals surface area contributed by atoms with E-state index in [1.165, 1.54) is 270 Å². The van der Waals surface area contributed by atoms with Crippen molar-refractivity contribution in [3.8, 4) is 0 Å². The number of quaternary nitrogens is 2. The number of rotatable bonds is 55. The van der Waals surface area contributed by atoms with Crippen LogP contribution >= 0.6 is 0 Å². The zero-order chi connectivity index (χ0) is 103. The zero-order valence-corrected chi connectivity index (χ0v) is 91.1. The van der Waals surface area contributed by atoms with Gasteiger partial charge in [-0.1, -0.05) is 278 Å². The second kappa shape index (κ2) is 117. The first-order valence-electron chi connectivity index (χ1n) is 54.6. The Kier molecular flexibility index (Phi) is 128. The van der Waals surface area contributed by atoms with Gasteiger partial charge in [0.15, 0.2) is 0 Å². The fraction of sp³-hybridized carbons (Fsp3) is 0.907. The van der Waals surface area contributed by atoms with E-state index in [0.717, 1.165) is 186 Å². The molecule has 0 aromatic heterocycles. The molecular formula is C107H228N11O15+5. The van der Waals surface area contributed by atoms with Gasteiger partial charge < -0.3 is 67.4 Å². The van der Waals surface area contributed by atoms with Crippen LogP contribution in [0.4, 0.5) is 0 Å². The molecule has 0 aromatic carbocycles. The lowest BCUT2D eigenvalue weighted by Gasteiger charge is -2.18. The number of nitrogens with one attached hydrogen (secondary N) is 5. The topological polar surface area (TPSA) is 412 Å². The number of nitrogens with two attached hydrogens (primary N) is 3. The Hall–Kier alpha value is -5.54. The van der Waals surface area contributed by atoms with Crippen molar-refractivity contribution in [2.75, 3.05) is 120 Å². The number of likely N-dealkylation sites (N-methyl/N-ethyl adjacent to an activating group) is 1. The Balaban J connectivity index is -0.000000179. The lowest BCUT2D eigenvalue weighted by Crippen LogP contribution is -3.12. The molecule has 1 saturated heterocycles. The maximum absolute atomic E-state index is 10.4. The van der Waals surface area contributed by atoms with E-state index in [1.54, 1.807) is 0 Å². The number of aliphatic hydroxyl groups is 1. The number of carboxylic acid groups (broad SMARTS) is 7. The minimum absolute atomic E-state index is 0.111. The van der Waals surface area contributed by atoms with Crippen LogP contribution in [0.5, 0.6) is 0 Å². The summed E-state index contributed by atoms with van der Waals surface area (Å²) in [4.78, 5) is 73.5. The van der Waals surface area contributed by atoms with Gasteiger partial charge in [-0.2, -0.15) is 0 Å². The van der Waals surface area contributed by atoms with E-state index in [1.807, 2.05) is 79.2 Å². The molecule has 5 aliphatic heterocycles. The molecule has 0 aromatic rings. The Labute approximate surface area is 818 Å². The minimum Gasteiger partial charge on any atom is -0.481 e. The first-order valence-corrected chi connectivity index (χ1v) is 54.6. The van der Waals surface area contributed by atoms with Crippen molar-refractivity contribution in [1.29, 1.82) is 0 Å². The van der Waals surface area contributed by atoms with Gasteiger partial charge in [-0.25, -0.2) is 0 Å². The number of carboxylic acids is 7. The molecule has 26 nitrogen and oxygen atoms in total. The number of hydrogen-bond donors (Lipinski definition) is 16. The van der Waals surface area contributed by atoms with Crippen molar-refractivity contribution in [3.05, 3.63) is 0 Å².